The molecule has 1 unspecified atom stereocenters. The lowest BCUT2D eigenvalue weighted by molar-refractivity contribution is 0.0940. The summed E-state index contributed by atoms with van der Waals surface area (Å²) in [5.41, 5.74) is 0.428. The van der Waals surface area contributed by atoms with E-state index in [1.807, 2.05) is 6.92 Å². The van der Waals surface area contributed by atoms with E-state index in [0.29, 0.717) is 29.3 Å². The van der Waals surface area contributed by atoms with E-state index < -0.39 is 0 Å². The van der Waals surface area contributed by atoms with Crippen LogP contribution < -0.4 is 10.1 Å². The van der Waals surface area contributed by atoms with E-state index in [2.05, 4.69) is 27.9 Å². The van der Waals surface area contributed by atoms with Crippen LogP contribution in [-0.4, -0.2) is 31.3 Å². The fourth-order valence-corrected chi connectivity index (χ4v) is 2.44. The number of hydrogen-bond acceptors (Lipinski definition) is 3. The van der Waals surface area contributed by atoms with E-state index in [-0.39, 0.29) is 18.4 Å². The van der Waals surface area contributed by atoms with Gasteiger partial charge in [-0.1, -0.05) is 24.9 Å². The number of carbonyl (C=O) groups is 1. The lowest BCUT2D eigenvalue weighted by atomic mass is 10.0. The Kier molecular flexibility index (Phi) is 7.61. The standard InChI is InChI=1S/C14H19ClINO3/c1-3-9(4-5-18)8-17-14(19)10-6-11(15)12(16)7-13(10)20-2/h6-7,9,18H,3-5,8H2,1-2H3,(H,17,19). The molecule has 20 heavy (non-hydrogen) atoms. The molecule has 2 N–H and O–H groups in total. The number of methoxy groups -OCH3 is 1. The van der Waals surface area contributed by atoms with Crippen LogP contribution in [0.5, 0.6) is 5.75 Å². The summed E-state index contributed by atoms with van der Waals surface area (Å²) in [5.74, 6) is 0.567. The molecule has 0 bridgehead atoms. The summed E-state index contributed by atoms with van der Waals surface area (Å²) < 4.78 is 6.06. The molecule has 6 heteroatoms. The Morgan fingerprint density at radius 3 is 2.80 bits per heavy atom. The average Bonchev–Trinajstić information content (AvgIpc) is 2.45. The monoisotopic (exact) mass is 411 g/mol. The number of halogens is 2. The predicted molar refractivity (Wildman–Crippen MR) is 88.5 cm³/mol. The zero-order chi connectivity index (χ0) is 15.1. The van der Waals surface area contributed by atoms with Gasteiger partial charge in [0, 0.05) is 16.7 Å². The van der Waals surface area contributed by atoms with Crippen LogP contribution >= 0.6 is 34.2 Å². The van der Waals surface area contributed by atoms with Crippen molar-refractivity contribution in [3.05, 3.63) is 26.3 Å². The van der Waals surface area contributed by atoms with Gasteiger partial charge in [-0.05, 0) is 47.1 Å². The number of rotatable bonds is 7. The molecule has 1 aromatic rings. The Hall–Kier alpha value is -0.530. The highest BCUT2D eigenvalue weighted by atomic mass is 127. The Bertz CT molecular complexity index is 468. The number of aliphatic hydroxyl groups is 1. The lowest BCUT2D eigenvalue weighted by Crippen LogP contribution is -2.29. The largest absolute Gasteiger partial charge is 0.496 e. The van der Waals surface area contributed by atoms with Crippen LogP contribution in [-0.2, 0) is 0 Å². The molecule has 0 heterocycles. The third-order valence-electron chi connectivity index (χ3n) is 3.15. The predicted octanol–water partition coefficient (Wildman–Crippen LogP) is 3.09. The molecule has 0 saturated carbocycles. The van der Waals surface area contributed by atoms with E-state index in [9.17, 15) is 4.79 Å². The van der Waals surface area contributed by atoms with Gasteiger partial charge in [0.15, 0.2) is 0 Å². The Balaban J connectivity index is 2.79. The molecule has 4 nitrogen and oxygen atoms in total. The lowest BCUT2D eigenvalue weighted by Gasteiger charge is -2.15. The Morgan fingerprint density at radius 1 is 1.55 bits per heavy atom. The van der Waals surface area contributed by atoms with Crippen LogP contribution in [0.1, 0.15) is 30.1 Å². The molecule has 112 valence electrons. The van der Waals surface area contributed by atoms with Crippen LogP contribution in [0.4, 0.5) is 0 Å². The minimum absolute atomic E-state index is 0.132. The molecule has 1 amide bonds. The van der Waals surface area contributed by atoms with Crippen molar-refractivity contribution in [3.63, 3.8) is 0 Å². The molecule has 0 radical (unpaired) electrons. The third-order valence-corrected chi connectivity index (χ3v) is 4.68. The summed E-state index contributed by atoms with van der Waals surface area (Å²) in [6.45, 7) is 2.70. The highest BCUT2D eigenvalue weighted by Crippen LogP contribution is 2.28. The molecular weight excluding hydrogens is 393 g/mol. The minimum atomic E-state index is -0.212. The second-order valence-electron chi connectivity index (χ2n) is 4.46. The quantitative estimate of drug-likeness (QED) is 0.678. The second-order valence-corrected chi connectivity index (χ2v) is 6.03. The first-order valence-electron chi connectivity index (χ1n) is 6.45. The number of aliphatic hydroxyl groups excluding tert-OH is 1. The minimum Gasteiger partial charge on any atom is -0.496 e. The van der Waals surface area contributed by atoms with Gasteiger partial charge in [-0.3, -0.25) is 4.79 Å². The summed E-state index contributed by atoms with van der Waals surface area (Å²) in [7, 11) is 1.52. The molecule has 0 aromatic heterocycles. The van der Waals surface area contributed by atoms with Gasteiger partial charge < -0.3 is 15.2 Å². The zero-order valence-corrected chi connectivity index (χ0v) is 14.5. The van der Waals surface area contributed by atoms with Gasteiger partial charge in [-0.2, -0.15) is 0 Å². The maximum Gasteiger partial charge on any atom is 0.255 e. The van der Waals surface area contributed by atoms with Gasteiger partial charge in [0.05, 0.1) is 17.7 Å². The van der Waals surface area contributed by atoms with E-state index in [4.69, 9.17) is 21.4 Å². The smallest absolute Gasteiger partial charge is 0.255 e. The van der Waals surface area contributed by atoms with Crippen molar-refractivity contribution in [3.8, 4) is 5.75 Å². The molecule has 1 rings (SSSR count). The molecule has 0 aliphatic rings. The van der Waals surface area contributed by atoms with Crippen molar-refractivity contribution in [2.45, 2.75) is 19.8 Å². The number of carbonyl (C=O) groups excluding carboxylic acids is 1. The topological polar surface area (TPSA) is 58.6 Å². The van der Waals surface area contributed by atoms with Crippen molar-refractivity contribution >= 4 is 40.1 Å². The van der Waals surface area contributed by atoms with Crippen molar-refractivity contribution in [1.29, 1.82) is 0 Å². The average molecular weight is 412 g/mol. The van der Waals surface area contributed by atoms with Crippen molar-refractivity contribution in [2.24, 2.45) is 5.92 Å². The summed E-state index contributed by atoms with van der Waals surface area (Å²) in [6.07, 6.45) is 1.59. The maximum atomic E-state index is 12.2. The van der Waals surface area contributed by atoms with Gasteiger partial charge in [0.25, 0.3) is 5.91 Å². The van der Waals surface area contributed by atoms with Gasteiger partial charge in [-0.25, -0.2) is 0 Å². The molecule has 0 spiro atoms. The third kappa shape index (κ3) is 4.79. The van der Waals surface area contributed by atoms with Crippen LogP contribution in [0.25, 0.3) is 0 Å². The van der Waals surface area contributed by atoms with Gasteiger partial charge in [0.1, 0.15) is 5.75 Å². The van der Waals surface area contributed by atoms with Crippen LogP contribution in [0.15, 0.2) is 12.1 Å². The van der Waals surface area contributed by atoms with Crippen LogP contribution in [0, 0.1) is 9.49 Å². The Labute approximate surface area is 138 Å². The summed E-state index contributed by atoms with van der Waals surface area (Å²) in [5, 5.41) is 12.3. The highest BCUT2D eigenvalue weighted by molar-refractivity contribution is 14.1. The SMILES string of the molecule is CCC(CCO)CNC(=O)c1cc(Cl)c(I)cc1OC. The van der Waals surface area contributed by atoms with E-state index in [1.165, 1.54) is 7.11 Å². The van der Waals surface area contributed by atoms with Crippen molar-refractivity contribution in [1.82, 2.24) is 5.32 Å². The highest BCUT2D eigenvalue weighted by Gasteiger charge is 2.16. The van der Waals surface area contributed by atoms with E-state index in [1.54, 1.807) is 12.1 Å². The number of benzene rings is 1. The molecule has 1 aromatic carbocycles. The fraction of sp³-hybridized carbons (Fsp3) is 0.500. The first kappa shape index (κ1) is 17.5. The molecule has 0 aliphatic carbocycles. The maximum absolute atomic E-state index is 12.2. The first-order valence-corrected chi connectivity index (χ1v) is 7.91. The molecule has 0 fully saturated rings. The van der Waals surface area contributed by atoms with Gasteiger partial charge >= 0.3 is 0 Å². The molecule has 1 atom stereocenters. The summed E-state index contributed by atoms with van der Waals surface area (Å²) >= 11 is 8.14. The normalized spacial score (nSPS) is 12.1. The fourth-order valence-electron chi connectivity index (χ4n) is 1.84. The number of amides is 1. The van der Waals surface area contributed by atoms with Crippen LogP contribution in [0.2, 0.25) is 5.02 Å². The van der Waals surface area contributed by atoms with E-state index >= 15 is 0 Å². The van der Waals surface area contributed by atoms with Crippen molar-refractivity contribution in [2.75, 3.05) is 20.3 Å². The summed E-state index contributed by atoms with van der Waals surface area (Å²) in [4.78, 5) is 12.2. The number of hydrogen-bond donors (Lipinski definition) is 2. The first-order chi connectivity index (χ1) is 9.53. The second kappa shape index (κ2) is 8.69. The number of ether oxygens (including phenoxy) is 1. The molecule has 0 aliphatic heterocycles. The summed E-state index contributed by atoms with van der Waals surface area (Å²) in [6, 6.07) is 3.35. The van der Waals surface area contributed by atoms with Crippen LogP contribution in [0.3, 0.4) is 0 Å². The zero-order valence-electron chi connectivity index (χ0n) is 11.6. The van der Waals surface area contributed by atoms with Gasteiger partial charge in [0.2, 0.25) is 0 Å². The van der Waals surface area contributed by atoms with Gasteiger partial charge in [-0.15, -0.1) is 0 Å². The van der Waals surface area contributed by atoms with Crippen molar-refractivity contribution < 1.29 is 14.6 Å². The molecular formula is C14H19ClINO3. The Morgan fingerprint density at radius 2 is 2.25 bits per heavy atom. The molecule has 0 saturated heterocycles. The number of nitrogens with one attached hydrogen (secondary N) is 1. The van der Waals surface area contributed by atoms with E-state index in [0.717, 1.165) is 9.99 Å².